The first kappa shape index (κ1) is 13.1. The van der Waals surface area contributed by atoms with Gasteiger partial charge in [-0.15, -0.1) is 0 Å². The van der Waals surface area contributed by atoms with Gasteiger partial charge in [-0.3, -0.25) is 4.68 Å². The van der Waals surface area contributed by atoms with Crippen molar-refractivity contribution in [2.24, 2.45) is 7.05 Å². The molecule has 0 bridgehead atoms. The normalized spacial score (nSPS) is 20.8. The second-order valence-electron chi connectivity index (χ2n) is 4.46. The smallest absolute Gasteiger partial charge is 0.0900 e. The fourth-order valence-corrected chi connectivity index (χ4v) is 2.87. The summed E-state index contributed by atoms with van der Waals surface area (Å²) in [4.78, 5) is 0. The molecule has 0 radical (unpaired) electrons. The van der Waals surface area contributed by atoms with E-state index in [0.717, 1.165) is 41.8 Å². The lowest BCUT2D eigenvalue weighted by atomic mass is 10.1. The van der Waals surface area contributed by atoms with Crippen LogP contribution in [0, 0.1) is 0 Å². The van der Waals surface area contributed by atoms with Gasteiger partial charge in [0.15, 0.2) is 0 Å². The Morgan fingerprint density at radius 2 is 2.41 bits per heavy atom. The van der Waals surface area contributed by atoms with Crippen LogP contribution < -0.4 is 5.32 Å². The summed E-state index contributed by atoms with van der Waals surface area (Å²) < 4.78 is 8.95. The van der Waals surface area contributed by atoms with Crippen molar-refractivity contribution in [3.63, 3.8) is 0 Å². The summed E-state index contributed by atoms with van der Waals surface area (Å²) in [6.45, 7) is 4.84. The number of rotatable bonds is 4. The predicted molar refractivity (Wildman–Crippen MR) is 71.0 cm³/mol. The zero-order chi connectivity index (χ0) is 12.3. The molecule has 2 heterocycles. The highest BCUT2D eigenvalue weighted by Crippen LogP contribution is 2.23. The largest absolute Gasteiger partial charge is 0.371 e. The van der Waals surface area contributed by atoms with E-state index in [0.29, 0.717) is 12.7 Å². The van der Waals surface area contributed by atoms with Crippen LogP contribution in [0.5, 0.6) is 0 Å². The van der Waals surface area contributed by atoms with E-state index in [9.17, 15) is 0 Å². The number of halogens is 1. The molecular weight excluding hydrogens is 282 g/mol. The summed E-state index contributed by atoms with van der Waals surface area (Å²) >= 11 is 3.61. The number of aromatic nitrogens is 2. The third-order valence-corrected chi connectivity index (χ3v) is 4.13. The number of aryl methyl sites for hydroxylation is 2. The van der Waals surface area contributed by atoms with Gasteiger partial charge in [-0.2, -0.15) is 5.10 Å². The zero-order valence-corrected chi connectivity index (χ0v) is 12.1. The fraction of sp³-hybridized carbons (Fsp3) is 0.750. The molecule has 0 aromatic carbocycles. The predicted octanol–water partition coefficient (Wildman–Crippen LogP) is 2.01. The third kappa shape index (κ3) is 3.09. The molecular formula is C12H20BrN3O. The second kappa shape index (κ2) is 5.98. The van der Waals surface area contributed by atoms with Gasteiger partial charge in [0, 0.05) is 13.6 Å². The Morgan fingerprint density at radius 1 is 1.59 bits per heavy atom. The summed E-state index contributed by atoms with van der Waals surface area (Å²) in [5.41, 5.74) is 2.24. The van der Waals surface area contributed by atoms with Crippen molar-refractivity contribution < 1.29 is 4.74 Å². The molecule has 1 aliphatic heterocycles. The van der Waals surface area contributed by atoms with Crippen LogP contribution in [0.2, 0.25) is 0 Å². The Labute approximate surface area is 111 Å². The Kier molecular flexibility index (Phi) is 4.59. The van der Waals surface area contributed by atoms with E-state index in [1.54, 1.807) is 0 Å². The maximum absolute atomic E-state index is 5.94. The number of ether oxygens (including phenoxy) is 1. The molecule has 0 aliphatic carbocycles. The molecule has 1 unspecified atom stereocenters. The molecule has 1 fully saturated rings. The lowest BCUT2D eigenvalue weighted by molar-refractivity contribution is 0.0219. The summed E-state index contributed by atoms with van der Waals surface area (Å²) in [5.74, 6) is 0. The molecule has 1 aliphatic rings. The van der Waals surface area contributed by atoms with E-state index in [4.69, 9.17) is 4.74 Å². The van der Waals surface area contributed by atoms with Crippen molar-refractivity contribution in [1.29, 1.82) is 0 Å². The van der Waals surface area contributed by atoms with Crippen molar-refractivity contribution in [1.82, 2.24) is 15.1 Å². The van der Waals surface area contributed by atoms with Crippen molar-refractivity contribution in [3.05, 3.63) is 15.9 Å². The number of hydrogen-bond donors (Lipinski definition) is 1. The van der Waals surface area contributed by atoms with Crippen LogP contribution in [0.25, 0.3) is 0 Å². The molecule has 1 aromatic rings. The molecule has 96 valence electrons. The Bertz CT molecular complexity index is 372. The van der Waals surface area contributed by atoms with Crippen LogP contribution in [-0.4, -0.2) is 29.0 Å². The molecule has 1 N–H and O–H groups in total. The fourth-order valence-electron chi connectivity index (χ4n) is 2.14. The summed E-state index contributed by atoms with van der Waals surface area (Å²) in [6, 6.07) is 0. The van der Waals surface area contributed by atoms with Gasteiger partial charge in [0.25, 0.3) is 0 Å². The maximum atomic E-state index is 5.94. The first-order valence-electron chi connectivity index (χ1n) is 6.25. The number of hydrogen-bond acceptors (Lipinski definition) is 3. The standard InChI is InChI=1S/C12H20BrN3O/c1-3-10-12(13)11(16(2)15-10)8-17-9-5-4-6-14-7-9/h9,14H,3-8H2,1-2H3. The SMILES string of the molecule is CCc1nn(C)c(COC2CCCNC2)c1Br. The molecule has 0 spiro atoms. The van der Waals surface area contributed by atoms with Gasteiger partial charge in [0.2, 0.25) is 0 Å². The van der Waals surface area contributed by atoms with Crippen LogP contribution in [0.15, 0.2) is 4.47 Å². The molecule has 0 saturated carbocycles. The van der Waals surface area contributed by atoms with Crippen LogP contribution in [0.3, 0.4) is 0 Å². The average molecular weight is 302 g/mol. The van der Waals surface area contributed by atoms with Crippen molar-refractivity contribution in [3.8, 4) is 0 Å². The van der Waals surface area contributed by atoms with Gasteiger partial charge < -0.3 is 10.1 Å². The summed E-state index contributed by atoms with van der Waals surface area (Å²) in [5, 5.41) is 7.82. The topological polar surface area (TPSA) is 39.1 Å². The molecule has 1 saturated heterocycles. The lowest BCUT2D eigenvalue weighted by Crippen LogP contribution is -2.35. The first-order valence-corrected chi connectivity index (χ1v) is 7.04. The molecule has 2 rings (SSSR count). The van der Waals surface area contributed by atoms with Gasteiger partial charge in [0.05, 0.1) is 28.6 Å². The Hall–Kier alpha value is -0.390. The van der Waals surface area contributed by atoms with E-state index in [2.05, 4.69) is 33.3 Å². The lowest BCUT2D eigenvalue weighted by Gasteiger charge is -2.23. The summed E-state index contributed by atoms with van der Waals surface area (Å²) in [7, 11) is 1.97. The van der Waals surface area contributed by atoms with Gasteiger partial charge in [-0.05, 0) is 41.7 Å². The first-order chi connectivity index (χ1) is 8.22. The number of piperidine rings is 1. The highest BCUT2D eigenvalue weighted by atomic mass is 79.9. The molecule has 4 nitrogen and oxygen atoms in total. The van der Waals surface area contributed by atoms with Crippen molar-refractivity contribution >= 4 is 15.9 Å². The molecule has 0 amide bonds. The van der Waals surface area contributed by atoms with Crippen molar-refractivity contribution in [2.45, 2.75) is 38.9 Å². The van der Waals surface area contributed by atoms with Gasteiger partial charge in [-0.1, -0.05) is 6.92 Å². The van der Waals surface area contributed by atoms with E-state index in [1.807, 2.05) is 11.7 Å². The minimum Gasteiger partial charge on any atom is -0.371 e. The van der Waals surface area contributed by atoms with E-state index < -0.39 is 0 Å². The van der Waals surface area contributed by atoms with Crippen LogP contribution >= 0.6 is 15.9 Å². The highest BCUT2D eigenvalue weighted by molar-refractivity contribution is 9.10. The molecule has 1 aromatic heterocycles. The van der Waals surface area contributed by atoms with Gasteiger partial charge in [0.1, 0.15) is 0 Å². The number of nitrogens with zero attached hydrogens (tertiary/aromatic N) is 2. The van der Waals surface area contributed by atoms with Crippen LogP contribution in [0.1, 0.15) is 31.2 Å². The molecule has 17 heavy (non-hydrogen) atoms. The van der Waals surface area contributed by atoms with Crippen molar-refractivity contribution in [2.75, 3.05) is 13.1 Å². The monoisotopic (exact) mass is 301 g/mol. The third-order valence-electron chi connectivity index (χ3n) is 3.21. The van der Waals surface area contributed by atoms with Gasteiger partial charge >= 0.3 is 0 Å². The van der Waals surface area contributed by atoms with E-state index in [1.165, 1.54) is 6.42 Å². The summed E-state index contributed by atoms with van der Waals surface area (Å²) in [6.07, 6.45) is 3.65. The second-order valence-corrected chi connectivity index (χ2v) is 5.26. The highest BCUT2D eigenvalue weighted by Gasteiger charge is 2.17. The maximum Gasteiger partial charge on any atom is 0.0900 e. The molecule has 5 heteroatoms. The minimum atomic E-state index is 0.343. The van der Waals surface area contributed by atoms with E-state index in [-0.39, 0.29) is 0 Å². The van der Waals surface area contributed by atoms with E-state index >= 15 is 0 Å². The zero-order valence-electron chi connectivity index (χ0n) is 10.5. The molecule has 1 atom stereocenters. The minimum absolute atomic E-state index is 0.343. The van der Waals surface area contributed by atoms with Gasteiger partial charge in [-0.25, -0.2) is 0 Å². The number of nitrogens with one attached hydrogen (secondary N) is 1. The quantitative estimate of drug-likeness (QED) is 0.925. The Balaban J connectivity index is 1.95. The average Bonchev–Trinajstić information content (AvgIpc) is 2.63. The van der Waals surface area contributed by atoms with Crippen LogP contribution in [0.4, 0.5) is 0 Å². The Morgan fingerprint density at radius 3 is 3.00 bits per heavy atom. The van der Waals surface area contributed by atoms with Crippen LogP contribution in [-0.2, 0) is 24.8 Å².